The largest absolute Gasteiger partial charge is 0.463 e. The van der Waals surface area contributed by atoms with E-state index in [0.717, 1.165) is 6.07 Å². The van der Waals surface area contributed by atoms with Crippen LogP contribution in [0.5, 0.6) is 0 Å². The smallest absolute Gasteiger partial charge is 0.424 e. The molecule has 0 spiro atoms. The molecule has 0 aliphatic rings. The first kappa shape index (κ1) is 16.9. The fraction of sp³-hybridized carbons (Fsp3) is 0.357. The molecule has 124 valence electrons. The Morgan fingerprint density at radius 2 is 2.09 bits per heavy atom. The van der Waals surface area contributed by atoms with E-state index in [9.17, 15) is 23.1 Å². The van der Waals surface area contributed by atoms with Crippen LogP contribution in [0.15, 0.2) is 35.1 Å². The minimum absolute atomic E-state index is 0.0307. The number of amides is 1. The summed E-state index contributed by atoms with van der Waals surface area (Å²) in [6, 6.07) is 2.39. The van der Waals surface area contributed by atoms with Crippen LogP contribution < -0.4 is 5.32 Å². The number of furan rings is 1. The van der Waals surface area contributed by atoms with Gasteiger partial charge in [0, 0.05) is 25.4 Å². The average molecular weight is 329 g/mol. The molecule has 0 radical (unpaired) electrons. The van der Waals surface area contributed by atoms with E-state index in [0.29, 0.717) is 0 Å². The number of aliphatic hydroxyl groups is 1. The highest BCUT2D eigenvalue weighted by Gasteiger charge is 2.56. The van der Waals surface area contributed by atoms with Gasteiger partial charge in [-0.25, -0.2) is 4.98 Å². The summed E-state index contributed by atoms with van der Waals surface area (Å²) in [4.78, 5) is 19.1. The van der Waals surface area contributed by atoms with Crippen LogP contribution >= 0.6 is 0 Å². The van der Waals surface area contributed by atoms with Gasteiger partial charge in [0.25, 0.3) is 5.91 Å². The second kappa shape index (κ2) is 6.37. The number of alkyl halides is 3. The van der Waals surface area contributed by atoms with E-state index in [2.05, 4.69) is 15.3 Å². The van der Waals surface area contributed by atoms with Crippen LogP contribution in [0.1, 0.15) is 28.4 Å². The molecule has 1 unspecified atom stereocenters. The predicted molar refractivity (Wildman–Crippen MR) is 72.4 cm³/mol. The van der Waals surface area contributed by atoms with E-state index in [1.165, 1.54) is 31.6 Å². The molecule has 2 heterocycles. The number of hydrogen-bond donors (Lipinski definition) is 2. The SMILES string of the molecule is Cc1ccc(C(O)(CCNC(=O)c2cnccn2)C(F)(F)F)o1. The predicted octanol–water partition coefficient (Wildman–Crippen LogP) is 1.95. The molecule has 0 aliphatic carbocycles. The molecule has 1 atom stereocenters. The van der Waals surface area contributed by atoms with Crippen LogP contribution in [0, 0.1) is 6.92 Å². The third-order valence-corrected chi connectivity index (χ3v) is 3.19. The van der Waals surface area contributed by atoms with Crippen molar-refractivity contribution in [3.63, 3.8) is 0 Å². The molecule has 2 aromatic heterocycles. The summed E-state index contributed by atoms with van der Waals surface area (Å²) < 4.78 is 44.5. The second-order valence-corrected chi connectivity index (χ2v) is 4.86. The van der Waals surface area contributed by atoms with Gasteiger partial charge in [-0.15, -0.1) is 0 Å². The first-order chi connectivity index (χ1) is 10.7. The molecule has 0 aromatic carbocycles. The van der Waals surface area contributed by atoms with E-state index in [-0.39, 0.29) is 11.5 Å². The van der Waals surface area contributed by atoms with Crippen LogP contribution in [0.25, 0.3) is 0 Å². The van der Waals surface area contributed by atoms with Gasteiger partial charge in [-0.2, -0.15) is 13.2 Å². The van der Waals surface area contributed by atoms with E-state index in [1.54, 1.807) is 0 Å². The molecular weight excluding hydrogens is 315 g/mol. The molecule has 2 aromatic rings. The topological polar surface area (TPSA) is 88.2 Å². The highest BCUT2D eigenvalue weighted by molar-refractivity contribution is 5.91. The first-order valence-corrected chi connectivity index (χ1v) is 6.64. The van der Waals surface area contributed by atoms with E-state index < -0.39 is 36.4 Å². The zero-order valence-electron chi connectivity index (χ0n) is 12.1. The van der Waals surface area contributed by atoms with Gasteiger partial charge < -0.3 is 14.8 Å². The van der Waals surface area contributed by atoms with E-state index in [4.69, 9.17) is 4.42 Å². The number of nitrogens with zero attached hydrogens (tertiary/aromatic N) is 2. The molecule has 23 heavy (non-hydrogen) atoms. The molecule has 0 saturated carbocycles. The quantitative estimate of drug-likeness (QED) is 0.875. The summed E-state index contributed by atoms with van der Waals surface area (Å²) in [5.41, 5.74) is -3.21. The maximum absolute atomic E-state index is 13.2. The van der Waals surface area contributed by atoms with Crippen molar-refractivity contribution < 1.29 is 27.5 Å². The Bertz CT molecular complexity index is 673. The lowest BCUT2D eigenvalue weighted by Crippen LogP contribution is -2.44. The average Bonchev–Trinajstić information content (AvgIpc) is 2.93. The zero-order valence-corrected chi connectivity index (χ0v) is 12.1. The highest BCUT2D eigenvalue weighted by Crippen LogP contribution is 2.41. The van der Waals surface area contributed by atoms with Crippen molar-refractivity contribution in [3.05, 3.63) is 47.9 Å². The lowest BCUT2D eigenvalue weighted by molar-refractivity contribution is -0.274. The van der Waals surface area contributed by atoms with Gasteiger partial charge in [0.2, 0.25) is 5.60 Å². The van der Waals surface area contributed by atoms with Crippen LogP contribution in [-0.4, -0.2) is 33.7 Å². The number of hydrogen-bond acceptors (Lipinski definition) is 5. The normalized spacial score (nSPS) is 14.3. The molecule has 0 bridgehead atoms. The molecule has 0 aliphatic heterocycles. The Labute approximate surface area is 129 Å². The van der Waals surface area contributed by atoms with Crippen molar-refractivity contribution in [1.82, 2.24) is 15.3 Å². The minimum atomic E-state index is -4.95. The summed E-state index contributed by atoms with van der Waals surface area (Å²) in [6.07, 6.45) is -1.92. The number of rotatable bonds is 5. The maximum Gasteiger partial charge on any atom is 0.424 e. The zero-order chi connectivity index (χ0) is 17.1. The third kappa shape index (κ3) is 3.67. The lowest BCUT2D eigenvalue weighted by atomic mass is 9.95. The maximum atomic E-state index is 13.2. The molecule has 6 nitrogen and oxygen atoms in total. The number of carbonyl (C=O) groups is 1. The fourth-order valence-electron chi connectivity index (χ4n) is 1.93. The molecule has 2 N–H and O–H groups in total. The van der Waals surface area contributed by atoms with E-state index >= 15 is 0 Å². The Balaban J connectivity index is 2.07. The standard InChI is InChI=1S/C14H14F3N3O3/c1-9-2-3-11(23-9)13(22,14(15,16)17)4-5-20-12(21)10-8-18-6-7-19-10/h2-3,6-8,22H,4-5H2,1H3,(H,20,21). The number of carbonyl (C=O) groups excluding carboxylic acids is 1. The molecule has 0 fully saturated rings. The van der Waals surface area contributed by atoms with Crippen molar-refractivity contribution in [2.75, 3.05) is 6.54 Å². The number of aromatic nitrogens is 2. The first-order valence-electron chi connectivity index (χ1n) is 6.64. The third-order valence-electron chi connectivity index (χ3n) is 3.19. The van der Waals surface area contributed by atoms with Crippen LogP contribution in [0.3, 0.4) is 0 Å². The Morgan fingerprint density at radius 3 is 2.61 bits per heavy atom. The number of halogens is 3. The summed E-state index contributed by atoms with van der Waals surface area (Å²) in [5.74, 6) is -1.05. The molecular formula is C14H14F3N3O3. The molecule has 1 amide bonds. The van der Waals surface area contributed by atoms with Crippen molar-refractivity contribution in [3.8, 4) is 0 Å². The molecule has 9 heteroatoms. The van der Waals surface area contributed by atoms with Crippen molar-refractivity contribution in [2.45, 2.75) is 25.1 Å². The van der Waals surface area contributed by atoms with Gasteiger partial charge in [-0.1, -0.05) is 0 Å². The summed E-state index contributed by atoms with van der Waals surface area (Å²) in [5, 5.41) is 12.3. The number of aryl methyl sites for hydroxylation is 1. The van der Waals surface area contributed by atoms with Crippen LogP contribution in [-0.2, 0) is 5.60 Å². The molecule has 0 saturated heterocycles. The Hall–Kier alpha value is -2.42. The van der Waals surface area contributed by atoms with Crippen LogP contribution in [0.2, 0.25) is 0 Å². The fourth-order valence-corrected chi connectivity index (χ4v) is 1.93. The summed E-state index contributed by atoms with van der Waals surface area (Å²) in [6.45, 7) is 1.04. The summed E-state index contributed by atoms with van der Waals surface area (Å²) in [7, 11) is 0. The van der Waals surface area contributed by atoms with Gasteiger partial charge in [0.05, 0.1) is 6.20 Å². The van der Waals surface area contributed by atoms with Gasteiger partial charge >= 0.3 is 6.18 Å². The van der Waals surface area contributed by atoms with Gasteiger partial charge in [-0.05, 0) is 19.1 Å². The lowest BCUT2D eigenvalue weighted by Gasteiger charge is -2.28. The molecule has 2 rings (SSSR count). The van der Waals surface area contributed by atoms with Crippen molar-refractivity contribution in [2.24, 2.45) is 0 Å². The second-order valence-electron chi connectivity index (χ2n) is 4.86. The highest BCUT2D eigenvalue weighted by atomic mass is 19.4. The monoisotopic (exact) mass is 329 g/mol. The Morgan fingerprint density at radius 1 is 1.35 bits per heavy atom. The van der Waals surface area contributed by atoms with Gasteiger partial charge in [0.15, 0.2) is 0 Å². The Kier molecular flexibility index (Phi) is 4.69. The summed E-state index contributed by atoms with van der Waals surface area (Å²) >= 11 is 0. The van der Waals surface area contributed by atoms with E-state index in [1.807, 2.05) is 0 Å². The van der Waals surface area contributed by atoms with Crippen molar-refractivity contribution >= 4 is 5.91 Å². The minimum Gasteiger partial charge on any atom is -0.463 e. The van der Waals surface area contributed by atoms with Gasteiger partial charge in [0.1, 0.15) is 17.2 Å². The number of nitrogens with one attached hydrogen (secondary N) is 1. The van der Waals surface area contributed by atoms with Gasteiger partial charge in [-0.3, -0.25) is 9.78 Å². The van der Waals surface area contributed by atoms with Crippen molar-refractivity contribution in [1.29, 1.82) is 0 Å². The van der Waals surface area contributed by atoms with Crippen LogP contribution in [0.4, 0.5) is 13.2 Å².